The van der Waals surface area contributed by atoms with E-state index in [2.05, 4.69) is 96.5 Å². The van der Waals surface area contributed by atoms with Gasteiger partial charge in [-0.3, -0.25) is 24.5 Å². The fourth-order valence-corrected chi connectivity index (χ4v) is 7.76. The van der Waals surface area contributed by atoms with Crippen molar-refractivity contribution in [2.75, 3.05) is 276 Å². The number of hydrogen-bond acceptors (Lipinski definition) is 21. The molecule has 0 aliphatic carbocycles. The van der Waals surface area contributed by atoms with E-state index in [1.54, 1.807) is 0 Å². The van der Waals surface area contributed by atoms with Crippen molar-refractivity contribution >= 4 is 0 Å². The van der Waals surface area contributed by atoms with Gasteiger partial charge in [-0.25, -0.2) is 0 Å². The molecule has 0 amide bonds. The molecule has 0 aromatic heterocycles. The lowest BCUT2D eigenvalue weighted by atomic mass is 10.1. The number of nitrogens with zero attached hydrogens (tertiary/aromatic N) is 6. The Balaban J connectivity index is 5.14. The highest BCUT2D eigenvalue weighted by Gasteiger charge is 2.10. The maximum atomic E-state index is 10.1. The first kappa shape index (κ1) is 67.2. The molecule has 0 aliphatic rings. The molecule has 19 N–H and O–H groups in total. The van der Waals surface area contributed by atoms with E-state index in [0.29, 0.717) is 32.7 Å². The molecule has 68 heavy (non-hydrogen) atoms. The second-order valence-electron chi connectivity index (χ2n) is 18.1. The van der Waals surface area contributed by atoms with Gasteiger partial charge in [-0.05, 0) is 27.6 Å². The molecule has 0 saturated heterocycles. The van der Waals surface area contributed by atoms with Crippen LogP contribution in [0.3, 0.4) is 0 Å². The number of aliphatic hydroxyl groups is 1. The van der Waals surface area contributed by atoms with Crippen LogP contribution in [0.1, 0.15) is 26.2 Å². The van der Waals surface area contributed by atoms with Crippen molar-refractivity contribution in [3.8, 4) is 0 Å². The number of nitrogens with one attached hydrogen (secondary N) is 10. The zero-order valence-corrected chi connectivity index (χ0v) is 44.7. The second kappa shape index (κ2) is 53.9. The molecule has 0 fully saturated rings. The van der Waals surface area contributed by atoms with Gasteiger partial charge in [0.05, 0.1) is 6.10 Å². The van der Waals surface area contributed by atoms with Gasteiger partial charge in [0.2, 0.25) is 0 Å². The number of likely N-dealkylation sites (N-methyl/N-ethyl adjacent to an activating group) is 3. The third-order valence-corrected chi connectivity index (χ3v) is 12.2. The van der Waals surface area contributed by atoms with Crippen molar-refractivity contribution in [2.24, 2.45) is 22.9 Å². The Morgan fingerprint density at radius 2 is 0.647 bits per heavy atom. The van der Waals surface area contributed by atoms with Crippen molar-refractivity contribution < 1.29 is 5.11 Å². The summed E-state index contributed by atoms with van der Waals surface area (Å²) in [5.41, 5.74) is 23.3. The summed E-state index contributed by atoms with van der Waals surface area (Å²) in [4.78, 5) is 14.8. The Morgan fingerprint density at radius 3 is 0.985 bits per heavy atom. The second-order valence-corrected chi connectivity index (χ2v) is 18.1. The van der Waals surface area contributed by atoms with Gasteiger partial charge in [0, 0.05) is 255 Å². The molecule has 0 aromatic carbocycles. The maximum Gasteiger partial charge on any atom is 0.0664 e. The van der Waals surface area contributed by atoms with Crippen LogP contribution in [0, 0.1) is 0 Å². The fraction of sp³-hybridized carbons (Fsp3) is 1.00. The summed E-state index contributed by atoms with van der Waals surface area (Å²) in [5.74, 6) is 0. The number of rotatable bonds is 58. The van der Waals surface area contributed by atoms with Gasteiger partial charge in [0.25, 0.3) is 0 Å². The maximum absolute atomic E-state index is 10.1. The van der Waals surface area contributed by atoms with Crippen molar-refractivity contribution in [2.45, 2.75) is 32.3 Å². The highest BCUT2D eigenvalue weighted by Crippen LogP contribution is 1.99. The van der Waals surface area contributed by atoms with E-state index in [1.165, 1.54) is 0 Å². The topological polar surface area (TPSA) is 264 Å². The van der Waals surface area contributed by atoms with E-state index in [0.717, 1.165) is 242 Å². The lowest BCUT2D eigenvalue weighted by Gasteiger charge is -2.26. The van der Waals surface area contributed by atoms with Crippen molar-refractivity contribution in [1.82, 2.24) is 82.6 Å². The molecule has 21 heteroatoms. The molecule has 0 aliphatic heterocycles. The predicted octanol–water partition coefficient (Wildman–Crippen LogP) is -6.03. The quantitative estimate of drug-likeness (QED) is 0.0253. The zero-order chi connectivity index (χ0) is 49.8. The first-order chi connectivity index (χ1) is 33.4. The number of aliphatic hydroxyl groups excluding tert-OH is 1. The molecule has 0 heterocycles. The normalized spacial score (nSPS) is 12.8. The van der Waals surface area contributed by atoms with Crippen molar-refractivity contribution in [3.05, 3.63) is 0 Å². The molecular formula is C47H116N20O. The lowest BCUT2D eigenvalue weighted by molar-refractivity contribution is 0.157. The molecule has 21 nitrogen and oxygen atoms in total. The SMILES string of the molecule is CCCCC(O)CNCCN(C)CCNCCN(CCNCCN(CCN)CCNCCNC)CCNCCN(CCNCCN(CCN)CCN)CCNCCN(CCNC)CCNCCN. The third kappa shape index (κ3) is 46.2. The summed E-state index contributed by atoms with van der Waals surface area (Å²) >= 11 is 0. The highest BCUT2D eigenvalue weighted by molar-refractivity contribution is 4.71. The Bertz CT molecular complexity index is 964. The van der Waals surface area contributed by atoms with Gasteiger partial charge < -0.3 is 86.1 Å². The minimum Gasteiger partial charge on any atom is -0.392 e. The van der Waals surface area contributed by atoms with E-state index in [1.807, 2.05) is 14.1 Å². The van der Waals surface area contributed by atoms with Gasteiger partial charge in [-0.2, -0.15) is 0 Å². The van der Waals surface area contributed by atoms with Crippen molar-refractivity contribution in [1.29, 1.82) is 0 Å². The molecule has 0 radical (unpaired) electrons. The fourth-order valence-electron chi connectivity index (χ4n) is 7.76. The summed E-state index contributed by atoms with van der Waals surface area (Å²) < 4.78 is 0. The van der Waals surface area contributed by atoms with Gasteiger partial charge in [-0.1, -0.05) is 19.8 Å². The molecule has 0 bridgehead atoms. The van der Waals surface area contributed by atoms with Crippen LogP contribution in [-0.2, 0) is 0 Å². The molecule has 0 saturated carbocycles. The largest absolute Gasteiger partial charge is 0.392 e. The molecule has 1 atom stereocenters. The summed E-state index contributed by atoms with van der Waals surface area (Å²) in [6.07, 6.45) is 2.84. The average Bonchev–Trinajstić information content (AvgIpc) is 3.33. The predicted molar refractivity (Wildman–Crippen MR) is 292 cm³/mol. The summed E-state index contributed by atoms with van der Waals surface area (Å²) in [5, 5.41) is 45.6. The van der Waals surface area contributed by atoms with Gasteiger partial charge in [-0.15, -0.1) is 0 Å². The average molecular weight is 978 g/mol. The van der Waals surface area contributed by atoms with E-state index in [9.17, 15) is 5.11 Å². The summed E-state index contributed by atoms with van der Waals surface area (Å²) in [6, 6.07) is 0. The first-order valence-electron chi connectivity index (χ1n) is 27.1. The number of nitrogens with two attached hydrogens (primary N) is 4. The molecule has 410 valence electrons. The monoisotopic (exact) mass is 977 g/mol. The van der Waals surface area contributed by atoms with E-state index < -0.39 is 0 Å². The highest BCUT2D eigenvalue weighted by atomic mass is 16.3. The molecule has 0 rings (SSSR count). The van der Waals surface area contributed by atoms with Crippen LogP contribution in [0.15, 0.2) is 0 Å². The smallest absolute Gasteiger partial charge is 0.0664 e. The molecule has 0 spiro atoms. The van der Waals surface area contributed by atoms with Gasteiger partial charge >= 0.3 is 0 Å². The first-order valence-corrected chi connectivity index (χ1v) is 27.1. The Labute approximate surface area is 418 Å². The van der Waals surface area contributed by atoms with E-state index in [4.69, 9.17) is 22.9 Å². The lowest BCUT2D eigenvalue weighted by Crippen LogP contribution is -2.45. The van der Waals surface area contributed by atoms with Gasteiger partial charge in [0.1, 0.15) is 0 Å². The Morgan fingerprint density at radius 1 is 0.353 bits per heavy atom. The molecule has 0 aromatic rings. The molecule has 1 unspecified atom stereocenters. The number of hydrogen-bond donors (Lipinski definition) is 15. The Kier molecular flexibility index (Phi) is 53.3. The van der Waals surface area contributed by atoms with Crippen LogP contribution in [0.4, 0.5) is 0 Å². The van der Waals surface area contributed by atoms with Crippen LogP contribution in [0.2, 0.25) is 0 Å². The van der Waals surface area contributed by atoms with Crippen LogP contribution >= 0.6 is 0 Å². The van der Waals surface area contributed by atoms with E-state index >= 15 is 0 Å². The standard InChI is InChI=1S/C47H116N20O/c1-5-6-7-47(68)46-61-17-33-62(4)32-16-56-22-40-66(42-25-58-21-37-64(31-11-51)36-19-55-14-13-52-2)43-27-60-28-45-67(41-24-57-20-35-63(29-9-49)30-10-50)44-26-59-23-39-65(34-15-53-3)38-18-54-12-8-48/h47,52-61,68H,5-46,48-51H2,1-4H3. The molecular weight excluding hydrogens is 861 g/mol. The Hall–Kier alpha value is -0.840. The van der Waals surface area contributed by atoms with Crippen molar-refractivity contribution in [3.63, 3.8) is 0 Å². The number of unbranched alkanes of at least 4 members (excludes halogenated alkanes) is 1. The van der Waals surface area contributed by atoms with Gasteiger partial charge in [0.15, 0.2) is 0 Å². The van der Waals surface area contributed by atoms with E-state index in [-0.39, 0.29) is 6.10 Å². The summed E-state index contributed by atoms with van der Waals surface area (Å²) in [6.45, 7) is 38.5. The minimum absolute atomic E-state index is 0.241. The van der Waals surface area contributed by atoms with Crippen LogP contribution in [0.5, 0.6) is 0 Å². The third-order valence-electron chi connectivity index (χ3n) is 12.2. The van der Waals surface area contributed by atoms with Crippen LogP contribution < -0.4 is 76.1 Å². The summed E-state index contributed by atoms with van der Waals surface area (Å²) in [7, 11) is 6.19. The zero-order valence-electron chi connectivity index (χ0n) is 44.7. The van der Waals surface area contributed by atoms with Crippen LogP contribution in [-0.4, -0.2) is 317 Å². The minimum atomic E-state index is -0.241. The van der Waals surface area contributed by atoms with Crippen LogP contribution in [0.25, 0.3) is 0 Å².